The van der Waals surface area contributed by atoms with Gasteiger partial charge in [-0.15, -0.1) is 5.10 Å². The van der Waals surface area contributed by atoms with Gasteiger partial charge in [0.05, 0.1) is 33.5 Å². The number of benzene rings is 2. The summed E-state index contributed by atoms with van der Waals surface area (Å²) in [6.45, 7) is 2.32. The summed E-state index contributed by atoms with van der Waals surface area (Å²) < 4.78 is 10.8. The second-order valence-corrected chi connectivity index (χ2v) is 8.43. The number of aromatic hydroxyl groups is 1. The molecule has 0 saturated heterocycles. The lowest BCUT2D eigenvalue weighted by Crippen LogP contribution is -2.52. The van der Waals surface area contributed by atoms with Crippen LogP contribution in [-0.4, -0.2) is 49.0 Å². The van der Waals surface area contributed by atoms with Crippen molar-refractivity contribution in [3.05, 3.63) is 60.2 Å². The van der Waals surface area contributed by atoms with E-state index in [0.717, 1.165) is 24.0 Å². The smallest absolute Gasteiger partial charge is 0.330 e. The molecule has 3 aromatic rings. The molecule has 1 fully saturated rings. The third kappa shape index (κ3) is 3.69. The van der Waals surface area contributed by atoms with Crippen molar-refractivity contribution in [2.75, 3.05) is 27.8 Å². The largest absolute Gasteiger partial charge is 0.504 e. The minimum absolute atomic E-state index is 0.0143. The first-order chi connectivity index (χ1) is 15.3. The Labute approximate surface area is 187 Å². The Morgan fingerprint density at radius 1 is 1.06 bits per heavy atom. The van der Waals surface area contributed by atoms with Crippen molar-refractivity contribution in [3.63, 3.8) is 0 Å². The third-order valence-electron chi connectivity index (χ3n) is 6.08. The van der Waals surface area contributed by atoms with E-state index in [1.54, 1.807) is 19.2 Å². The summed E-state index contributed by atoms with van der Waals surface area (Å²) in [5.74, 6) is 1.75. The number of ether oxygens (including phenoxy) is 2. The van der Waals surface area contributed by atoms with Crippen molar-refractivity contribution in [1.82, 2.24) is 14.7 Å². The molecule has 1 saturated carbocycles. The number of amides is 1. The first kappa shape index (κ1) is 21.8. The molecule has 0 radical (unpaired) electrons. The molecular weight excluding hydrogens is 406 g/mol. The normalized spacial score (nSPS) is 14.6. The predicted molar refractivity (Wildman–Crippen MR) is 123 cm³/mol. The lowest BCUT2D eigenvalue weighted by Gasteiger charge is -2.29. The SMILES string of the molecule is CCOc1ccc(C2(C(=O)[N+](C)(C)c3ccc(-c4ccccc4OC)nn3)CC2)cc1O. The highest BCUT2D eigenvalue weighted by molar-refractivity contribution is 5.98. The molecule has 166 valence electrons. The molecule has 0 bridgehead atoms. The van der Waals surface area contributed by atoms with Crippen LogP contribution in [-0.2, 0) is 10.2 Å². The molecular formula is C25H28N3O4+. The fraction of sp³-hybridized carbons (Fsp3) is 0.320. The zero-order valence-electron chi connectivity index (χ0n) is 18.8. The summed E-state index contributed by atoms with van der Waals surface area (Å²) in [7, 11) is 5.26. The van der Waals surface area contributed by atoms with Crippen LogP contribution in [0.25, 0.3) is 11.3 Å². The first-order valence-electron chi connectivity index (χ1n) is 10.7. The Morgan fingerprint density at radius 2 is 1.81 bits per heavy atom. The molecule has 1 aromatic heterocycles. The average Bonchev–Trinajstić information content (AvgIpc) is 3.62. The highest BCUT2D eigenvalue weighted by Crippen LogP contribution is 2.52. The number of carbonyl (C=O) groups excluding carboxylic acids is 1. The van der Waals surface area contributed by atoms with Gasteiger partial charge in [0, 0.05) is 11.6 Å². The van der Waals surface area contributed by atoms with Gasteiger partial charge in [-0.3, -0.25) is 0 Å². The van der Waals surface area contributed by atoms with E-state index in [0.29, 0.717) is 29.6 Å². The molecule has 32 heavy (non-hydrogen) atoms. The van der Waals surface area contributed by atoms with Gasteiger partial charge in [0.15, 0.2) is 11.5 Å². The summed E-state index contributed by atoms with van der Waals surface area (Å²) in [6.07, 6.45) is 1.46. The van der Waals surface area contributed by atoms with E-state index < -0.39 is 5.41 Å². The highest BCUT2D eigenvalue weighted by atomic mass is 16.5. The molecule has 2 aromatic carbocycles. The summed E-state index contributed by atoms with van der Waals surface area (Å²) >= 11 is 0. The fourth-order valence-electron chi connectivity index (χ4n) is 4.11. The number of hydrogen-bond donors (Lipinski definition) is 1. The number of phenolic OH excluding ortho intramolecular Hbond substituents is 1. The molecule has 0 atom stereocenters. The number of hydrogen-bond acceptors (Lipinski definition) is 6. The average molecular weight is 435 g/mol. The van der Waals surface area contributed by atoms with Crippen LogP contribution in [0, 0.1) is 0 Å². The van der Waals surface area contributed by atoms with Gasteiger partial charge < -0.3 is 14.6 Å². The first-order valence-corrected chi connectivity index (χ1v) is 10.7. The molecule has 1 heterocycles. The molecule has 7 nitrogen and oxygen atoms in total. The van der Waals surface area contributed by atoms with Crippen molar-refractivity contribution in [3.8, 4) is 28.5 Å². The Morgan fingerprint density at radius 3 is 2.41 bits per heavy atom. The minimum Gasteiger partial charge on any atom is -0.504 e. The fourth-order valence-corrected chi connectivity index (χ4v) is 4.11. The number of carbonyl (C=O) groups is 1. The third-order valence-corrected chi connectivity index (χ3v) is 6.08. The van der Waals surface area contributed by atoms with Crippen LogP contribution in [0.1, 0.15) is 25.3 Å². The number of para-hydroxylation sites is 1. The van der Waals surface area contributed by atoms with Gasteiger partial charge in [-0.2, -0.15) is 0 Å². The zero-order chi connectivity index (χ0) is 22.9. The van der Waals surface area contributed by atoms with E-state index in [1.165, 1.54) is 0 Å². The van der Waals surface area contributed by atoms with Crippen LogP contribution in [0.3, 0.4) is 0 Å². The van der Waals surface area contributed by atoms with E-state index in [-0.39, 0.29) is 16.1 Å². The molecule has 1 N–H and O–H groups in total. The second kappa shape index (κ2) is 8.24. The summed E-state index contributed by atoms with van der Waals surface area (Å²) in [4.78, 5) is 13.7. The lowest BCUT2D eigenvalue weighted by molar-refractivity contribution is -0.131. The quantitative estimate of drug-likeness (QED) is 0.565. The number of methoxy groups -OCH3 is 1. The van der Waals surface area contributed by atoms with Crippen molar-refractivity contribution >= 4 is 11.7 Å². The van der Waals surface area contributed by atoms with E-state index in [1.807, 2.05) is 63.5 Å². The zero-order valence-corrected chi connectivity index (χ0v) is 18.8. The van der Waals surface area contributed by atoms with Crippen LogP contribution < -0.4 is 14.0 Å². The van der Waals surface area contributed by atoms with Crippen molar-refractivity contribution in [2.45, 2.75) is 25.2 Å². The molecule has 0 spiro atoms. The molecule has 1 amide bonds. The predicted octanol–water partition coefficient (Wildman–Crippen LogP) is 4.08. The Bertz CT molecular complexity index is 1140. The molecule has 0 unspecified atom stereocenters. The van der Waals surface area contributed by atoms with Gasteiger partial charge in [-0.05, 0) is 55.7 Å². The monoisotopic (exact) mass is 434 g/mol. The molecule has 4 rings (SSSR count). The molecule has 7 heteroatoms. The van der Waals surface area contributed by atoms with Gasteiger partial charge in [0.1, 0.15) is 11.2 Å². The summed E-state index contributed by atoms with van der Waals surface area (Å²) in [6, 6.07) is 16.5. The van der Waals surface area contributed by atoms with Gasteiger partial charge in [0.2, 0.25) is 0 Å². The minimum atomic E-state index is -0.644. The van der Waals surface area contributed by atoms with Gasteiger partial charge in [-0.1, -0.05) is 23.3 Å². The van der Waals surface area contributed by atoms with Crippen LogP contribution in [0.4, 0.5) is 5.82 Å². The number of phenols is 1. The topological polar surface area (TPSA) is 81.5 Å². The molecule has 1 aliphatic rings. The van der Waals surface area contributed by atoms with Gasteiger partial charge in [-0.25, -0.2) is 9.28 Å². The van der Waals surface area contributed by atoms with Crippen molar-refractivity contribution in [1.29, 1.82) is 0 Å². The van der Waals surface area contributed by atoms with Gasteiger partial charge >= 0.3 is 5.91 Å². The van der Waals surface area contributed by atoms with E-state index in [4.69, 9.17) is 9.47 Å². The van der Waals surface area contributed by atoms with Crippen molar-refractivity contribution in [2.24, 2.45) is 0 Å². The van der Waals surface area contributed by atoms with Crippen LogP contribution >= 0.6 is 0 Å². The Balaban J connectivity index is 1.62. The lowest BCUT2D eigenvalue weighted by atomic mass is 9.93. The van der Waals surface area contributed by atoms with Crippen LogP contribution in [0.2, 0.25) is 0 Å². The summed E-state index contributed by atoms with van der Waals surface area (Å²) in [5.41, 5.74) is 1.67. The maximum absolute atomic E-state index is 13.7. The maximum atomic E-state index is 13.7. The van der Waals surface area contributed by atoms with E-state index in [2.05, 4.69) is 10.2 Å². The van der Waals surface area contributed by atoms with E-state index in [9.17, 15) is 9.90 Å². The van der Waals surface area contributed by atoms with Crippen LogP contribution in [0.15, 0.2) is 54.6 Å². The number of quaternary nitrogens is 1. The number of likely N-dealkylation sites (N-methyl/N-ethyl adjacent to an activating group) is 1. The number of rotatable bonds is 7. The Kier molecular flexibility index (Phi) is 5.60. The van der Waals surface area contributed by atoms with Crippen molar-refractivity contribution < 1.29 is 19.4 Å². The van der Waals surface area contributed by atoms with E-state index >= 15 is 0 Å². The Hall–Kier alpha value is -3.45. The number of nitrogens with zero attached hydrogens (tertiary/aromatic N) is 3. The maximum Gasteiger partial charge on any atom is 0.330 e. The summed E-state index contributed by atoms with van der Waals surface area (Å²) in [5, 5.41) is 19.1. The highest BCUT2D eigenvalue weighted by Gasteiger charge is 2.59. The molecule has 0 aliphatic heterocycles. The second-order valence-electron chi connectivity index (χ2n) is 8.43. The standard InChI is InChI=1S/C25H27N3O4/c1-5-32-22-12-10-17(16-20(22)29)25(14-15-25)24(30)28(2,3)23-13-11-19(26-27-23)18-8-6-7-9-21(18)31-4/h6-13,16H,5,14-15H2,1-4H3/p+1. The van der Waals surface area contributed by atoms with Gasteiger partial charge in [0.25, 0.3) is 5.82 Å². The molecule has 1 aliphatic carbocycles. The number of aromatic nitrogens is 2. The van der Waals surface area contributed by atoms with Crippen LogP contribution in [0.5, 0.6) is 17.2 Å².